The van der Waals surface area contributed by atoms with Gasteiger partial charge in [0.1, 0.15) is 0 Å². The van der Waals surface area contributed by atoms with E-state index < -0.39 is 11.9 Å². The molecule has 30 heavy (non-hydrogen) atoms. The van der Waals surface area contributed by atoms with E-state index >= 15 is 0 Å². The van der Waals surface area contributed by atoms with Gasteiger partial charge in [0.2, 0.25) is 5.91 Å². The highest BCUT2D eigenvalue weighted by molar-refractivity contribution is 6.33. The Morgan fingerprint density at radius 2 is 1.90 bits per heavy atom. The van der Waals surface area contributed by atoms with Crippen molar-refractivity contribution in [1.29, 1.82) is 0 Å². The van der Waals surface area contributed by atoms with E-state index in [1.165, 1.54) is 19.2 Å². The summed E-state index contributed by atoms with van der Waals surface area (Å²) >= 11 is 5.99. The van der Waals surface area contributed by atoms with Gasteiger partial charge in [0, 0.05) is 42.3 Å². The summed E-state index contributed by atoms with van der Waals surface area (Å²) < 4.78 is 6.48. The van der Waals surface area contributed by atoms with E-state index in [0.717, 1.165) is 0 Å². The van der Waals surface area contributed by atoms with E-state index in [1.807, 2.05) is 0 Å². The molecular formula is C21H19ClN4O4. The lowest BCUT2D eigenvalue weighted by Gasteiger charge is -2.10. The summed E-state index contributed by atoms with van der Waals surface area (Å²) in [5, 5.41) is 5.69. The molecule has 1 aromatic heterocycles. The smallest absolute Gasteiger partial charge is 0.339 e. The Morgan fingerprint density at radius 3 is 2.63 bits per heavy atom. The third-order valence-electron chi connectivity index (χ3n) is 4.19. The molecule has 0 bridgehead atoms. The highest BCUT2D eigenvalue weighted by Gasteiger charge is 2.14. The Bertz CT molecular complexity index is 1070. The maximum atomic E-state index is 12.6. The fourth-order valence-electron chi connectivity index (χ4n) is 2.68. The van der Waals surface area contributed by atoms with Gasteiger partial charge in [0.05, 0.1) is 24.0 Å². The summed E-state index contributed by atoms with van der Waals surface area (Å²) in [4.78, 5) is 40.4. The first kappa shape index (κ1) is 21.1. The summed E-state index contributed by atoms with van der Waals surface area (Å²) in [7, 11) is 1.25. The minimum absolute atomic E-state index is 0.149. The van der Waals surface area contributed by atoms with Crippen LogP contribution < -0.4 is 10.6 Å². The summed E-state index contributed by atoms with van der Waals surface area (Å²) in [5.74, 6) is -1.18. The lowest BCUT2D eigenvalue weighted by atomic mass is 10.1. The quantitative estimate of drug-likeness (QED) is 0.562. The zero-order valence-corrected chi connectivity index (χ0v) is 16.8. The Balaban J connectivity index is 1.64. The second kappa shape index (κ2) is 9.71. The largest absolute Gasteiger partial charge is 0.465 e. The van der Waals surface area contributed by atoms with Gasteiger partial charge in [-0.05, 0) is 36.4 Å². The number of ether oxygens (including phenoxy) is 1. The van der Waals surface area contributed by atoms with Crippen molar-refractivity contribution < 1.29 is 19.1 Å². The monoisotopic (exact) mass is 426 g/mol. The molecule has 2 amide bonds. The van der Waals surface area contributed by atoms with E-state index in [-0.39, 0.29) is 22.9 Å². The van der Waals surface area contributed by atoms with Gasteiger partial charge in [-0.2, -0.15) is 0 Å². The molecule has 3 rings (SSSR count). The molecule has 0 aliphatic rings. The second-order valence-corrected chi connectivity index (χ2v) is 6.73. The van der Waals surface area contributed by atoms with E-state index in [0.29, 0.717) is 23.5 Å². The number of methoxy groups -OCH3 is 1. The van der Waals surface area contributed by atoms with Gasteiger partial charge < -0.3 is 19.9 Å². The number of halogens is 1. The molecule has 2 aromatic carbocycles. The van der Waals surface area contributed by atoms with Crippen molar-refractivity contribution in [2.45, 2.75) is 13.0 Å². The molecule has 1 heterocycles. The van der Waals surface area contributed by atoms with Crippen LogP contribution in [0.25, 0.3) is 0 Å². The molecule has 0 saturated carbocycles. The third-order valence-corrected chi connectivity index (χ3v) is 4.52. The number of amides is 2. The Hall–Kier alpha value is -3.65. The van der Waals surface area contributed by atoms with Crippen molar-refractivity contribution in [3.05, 3.63) is 77.3 Å². The van der Waals surface area contributed by atoms with Crippen molar-refractivity contribution in [1.82, 2.24) is 9.55 Å². The topological polar surface area (TPSA) is 102 Å². The number of aromatic nitrogens is 2. The second-order valence-electron chi connectivity index (χ2n) is 6.32. The zero-order chi connectivity index (χ0) is 21.5. The average Bonchev–Trinajstić information content (AvgIpc) is 3.27. The molecule has 9 heteroatoms. The Kier molecular flexibility index (Phi) is 6.82. The summed E-state index contributed by atoms with van der Waals surface area (Å²) in [5.41, 5.74) is 1.39. The average molecular weight is 427 g/mol. The SMILES string of the molecule is COC(=O)c1cc(NC(=O)c2cccc(NC(=O)CCn3ccnc3)c2)ccc1Cl. The van der Waals surface area contributed by atoms with Crippen molar-refractivity contribution in [2.75, 3.05) is 17.7 Å². The van der Waals surface area contributed by atoms with Crippen LogP contribution in [0.4, 0.5) is 11.4 Å². The van der Waals surface area contributed by atoms with Crippen LogP contribution in [-0.2, 0) is 16.1 Å². The number of aryl methyl sites for hydroxylation is 1. The summed E-state index contributed by atoms with van der Waals surface area (Å²) in [6.45, 7) is 0.505. The number of rotatable bonds is 7. The van der Waals surface area contributed by atoms with Gasteiger partial charge in [-0.1, -0.05) is 17.7 Å². The van der Waals surface area contributed by atoms with E-state index in [1.54, 1.807) is 53.6 Å². The van der Waals surface area contributed by atoms with Crippen LogP contribution in [0.15, 0.2) is 61.2 Å². The number of carbonyl (C=O) groups is 3. The number of hydrogen-bond donors (Lipinski definition) is 2. The summed E-state index contributed by atoms with van der Waals surface area (Å²) in [6.07, 6.45) is 5.34. The number of anilines is 2. The maximum absolute atomic E-state index is 12.6. The van der Waals surface area contributed by atoms with Crippen LogP contribution in [0.1, 0.15) is 27.1 Å². The Labute approximate surface area is 177 Å². The molecule has 154 valence electrons. The van der Waals surface area contributed by atoms with Crippen molar-refractivity contribution in [2.24, 2.45) is 0 Å². The van der Waals surface area contributed by atoms with Gasteiger partial charge in [0.25, 0.3) is 5.91 Å². The van der Waals surface area contributed by atoms with Gasteiger partial charge in [-0.3, -0.25) is 9.59 Å². The molecule has 0 aliphatic carbocycles. The van der Waals surface area contributed by atoms with Crippen LogP contribution in [-0.4, -0.2) is 34.4 Å². The first-order chi connectivity index (χ1) is 14.5. The van der Waals surface area contributed by atoms with Crippen molar-refractivity contribution in [3.63, 3.8) is 0 Å². The molecule has 2 N–H and O–H groups in total. The molecule has 3 aromatic rings. The Morgan fingerprint density at radius 1 is 1.10 bits per heavy atom. The van der Waals surface area contributed by atoms with Crippen LogP contribution in [0.3, 0.4) is 0 Å². The van der Waals surface area contributed by atoms with E-state index in [2.05, 4.69) is 20.4 Å². The number of benzene rings is 2. The van der Waals surface area contributed by atoms with Crippen molar-refractivity contribution in [3.8, 4) is 0 Å². The number of nitrogens with one attached hydrogen (secondary N) is 2. The first-order valence-corrected chi connectivity index (χ1v) is 9.39. The van der Waals surface area contributed by atoms with Crippen molar-refractivity contribution >= 4 is 40.8 Å². The van der Waals surface area contributed by atoms with Crippen LogP contribution in [0, 0.1) is 0 Å². The van der Waals surface area contributed by atoms with Gasteiger partial charge in [0.15, 0.2) is 0 Å². The zero-order valence-electron chi connectivity index (χ0n) is 16.1. The molecule has 8 nitrogen and oxygen atoms in total. The lowest BCUT2D eigenvalue weighted by Crippen LogP contribution is -2.16. The fourth-order valence-corrected chi connectivity index (χ4v) is 2.88. The number of carbonyl (C=O) groups excluding carboxylic acids is 3. The number of imidazole rings is 1. The molecule has 0 saturated heterocycles. The predicted octanol–water partition coefficient (Wildman–Crippen LogP) is 3.60. The molecule has 0 fully saturated rings. The molecule has 0 atom stereocenters. The van der Waals surface area contributed by atoms with E-state index in [4.69, 9.17) is 11.6 Å². The predicted molar refractivity (Wildman–Crippen MR) is 113 cm³/mol. The highest BCUT2D eigenvalue weighted by Crippen LogP contribution is 2.22. The van der Waals surface area contributed by atoms with Gasteiger partial charge in [-0.15, -0.1) is 0 Å². The first-order valence-electron chi connectivity index (χ1n) is 9.01. The third kappa shape index (κ3) is 5.45. The molecule has 0 spiro atoms. The number of nitrogens with zero attached hydrogens (tertiary/aromatic N) is 2. The standard InChI is InChI=1S/C21H19ClN4O4/c1-30-21(29)17-12-16(5-6-18(17)22)25-20(28)14-3-2-4-15(11-14)24-19(27)7-9-26-10-8-23-13-26/h2-6,8,10-13H,7,9H2,1H3,(H,24,27)(H,25,28). The minimum Gasteiger partial charge on any atom is -0.465 e. The minimum atomic E-state index is -0.600. The number of esters is 1. The molecule has 0 radical (unpaired) electrons. The molecule has 0 aliphatic heterocycles. The van der Waals surface area contributed by atoms with Gasteiger partial charge in [-0.25, -0.2) is 9.78 Å². The number of hydrogen-bond acceptors (Lipinski definition) is 5. The highest BCUT2D eigenvalue weighted by atomic mass is 35.5. The molecular weight excluding hydrogens is 408 g/mol. The van der Waals surface area contributed by atoms with Crippen LogP contribution in [0.5, 0.6) is 0 Å². The fraction of sp³-hybridized carbons (Fsp3) is 0.143. The maximum Gasteiger partial charge on any atom is 0.339 e. The van der Waals surface area contributed by atoms with Crippen LogP contribution in [0.2, 0.25) is 5.02 Å². The van der Waals surface area contributed by atoms with Crippen LogP contribution >= 0.6 is 11.6 Å². The summed E-state index contributed by atoms with van der Waals surface area (Å²) in [6, 6.07) is 11.1. The normalized spacial score (nSPS) is 10.3. The molecule has 0 unspecified atom stereocenters. The van der Waals surface area contributed by atoms with Gasteiger partial charge >= 0.3 is 5.97 Å². The van der Waals surface area contributed by atoms with E-state index in [9.17, 15) is 14.4 Å². The lowest BCUT2D eigenvalue weighted by molar-refractivity contribution is -0.116.